The summed E-state index contributed by atoms with van der Waals surface area (Å²) in [5, 5.41) is 0. The Bertz CT molecular complexity index is 912. The molecule has 4 atom stereocenters. The van der Waals surface area contributed by atoms with Crippen LogP contribution in [0.4, 0.5) is 0 Å². The van der Waals surface area contributed by atoms with E-state index in [1.807, 2.05) is 14.1 Å². The zero-order valence-corrected chi connectivity index (χ0v) is 36.9. The number of hydrogen-bond acceptors (Lipinski definition) is 8. The molecule has 8 heteroatoms. The van der Waals surface area contributed by atoms with Crippen LogP contribution in [0.15, 0.2) is 12.3 Å². The molecule has 1 heterocycles. The number of carbonyl (C=O) groups excluding carboxylic acids is 2. The van der Waals surface area contributed by atoms with E-state index in [4.69, 9.17) is 23.7 Å². The molecule has 1 rings (SSSR count). The van der Waals surface area contributed by atoms with Gasteiger partial charge in [-0.25, -0.2) is 0 Å². The van der Waals surface area contributed by atoms with E-state index in [-0.39, 0.29) is 24.6 Å². The van der Waals surface area contributed by atoms with Gasteiger partial charge in [-0.3, -0.25) is 9.59 Å². The van der Waals surface area contributed by atoms with Crippen LogP contribution in [-0.2, 0) is 33.3 Å². The van der Waals surface area contributed by atoms with E-state index in [2.05, 4.69) is 32.3 Å². The Kier molecular flexibility index (Phi) is 34.3. The Morgan fingerprint density at radius 3 is 1.47 bits per heavy atom. The average Bonchev–Trinajstić information content (AvgIpc) is 3.64. The Morgan fingerprint density at radius 1 is 0.600 bits per heavy atom. The molecular formula is C47H89NO7. The first kappa shape index (κ1) is 51.4. The van der Waals surface area contributed by atoms with Crippen LogP contribution < -0.4 is 0 Å². The summed E-state index contributed by atoms with van der Waals surface area (Å²) in [4.78, 5) is 28.5. The maximum Gasteiger partial charge on any atom is 0.306 e. The summed E-state index contributed by atoms with van der Waals surface area (Å²) in [6.45, 7) is 12.2. The zero-order chi connectivity index (χ0) is 40.2. The Hall–Kier alpha value is -1.64. The lowest BCUT2D eigenvalue weighted by atomic mass is 10.1. The molecule has 0 amide bonds. The summed E-state index contributed by atoms with van der Waals surface area (Å²) in [6, 6.07) is 0. The second-order valence-electron chi connectivity index (χ2n) is 16.6. The first-order chi connectivity index (χ1) is 26.8. The minimum absolute atomic E-state index is 0.0470. The molecule has 1 fully saturated rings. The quantitative estimate of drug-likeness (QED) is 0.0345. The highest BCUT2D eigenvalue weighted by molar-refractivity contribution is 5.70. The monoisotopic (exact) mass is 780 g/mol. The molecule has 0 spiro atoms. The van der Waals surface area contributed by atoms with E-state index >= 15 is 0 Å². The van der Waals surface area contributed by atoms with Gasteiger partial charge in [-0.05, 0) is 39.8 Å². The van der Waals surface area contributed by atoms with E-state index in [1.54, 1.807) is 0 Å². The molecule has 0 aliphatic carbocycles. The summed E-state index contributed by atoms with van der Waals surface area (Å²) in [5.74, 6) is 0.0686. The second-order valence-corrected chi connectivity index (χ2v) is 16.6. The molecular weight excluding hydrogens is 691 g/mol. The fourth-order valence-electron chi connectivity index (χ4n) is 7.22. The van der Waals surface area contributed by atoms with Crippen LogP contribution in [0.2, 0.25) is 0 Å². The average molecular weight is 780 g/mol. The lowest BCUT2D eigenvalue weighted by Gasteiger charge is -2.31. The Labute approximate surface area is 339 Å². The largest absolute Gasteiger partial charge is 0.488 e. The fraction of sp³-hybridized carbons (Fsp3) is 0.915. The molecule has 0 aromatic carbocycles. The van der Waals surface area contributed by atoms with Crippen molar-refractivity contribution in [2.75, 3.05) is 33.9 Å². The van der Waals surface area contributed by atoms with Crippen molar-refractivity contribution in [3.63, 3.8) is 0 Å². The summed E-state index contributed by atoms with van der Waals surface area (Å²) in [7, 11) is 4.08. The topological polar surface area (TPSA) is 83.5 Å². The maximum atomic E-state index is 13.4. The molecule has 4 unspecified atom stereocenters. The first-order valence-electron chi connectivity index (χ1n) is 23.4. The van der Waals surface area contributed by atoms with Gasteiger partial charge in [0.15, 0.2) is 18.5 Å². The van der Waals surface area contributed by atoms with Crippen molar-refractivity contribution in [3.05, 3.63) is 12.3 Å². The molecule has 0 bridgehead atoms. The van der Waals surface area contributed by atoms with Crippen LogP contribution in [0.5, 0.6) is 0 Å². The number of hydrogen-bond donors (Lipinski definition) is 0. The number of ether oxygens (including phenoxy) is 5. The number of carbonyl (C=O) groups is 2. The van der Waals surface area contributed by atoms with Gasteiger partial charge >= 0.3 is 11.9 Å². The number of unbranched alkanes of at least 4 members (excludes halogenated alkanes) is 24. The molecule has 0 aromatic heterocycles. The van der Waals surface area contributed by atoms with E-state index in [1.165, 1.54) is 122 Å². The van der Waals surface area contributed by atoms with Crippen LogP contribution in [0.1, 0.15) is 220 Å². The van der Waals surface area contributed by atoms with Crippen molar-refractivity contribution >= 4 is 11.9 Å². The van der Waals surface area contributed by atoms with Crippen LogP contribution in [0, 0.1) is 0 Å². The first-order valence-corrected chi connectivity index (χ1v) is 23.4. The highest BCUT2D eigenvalue weighted by Crippen LogP contribution is 2.26. The van der Waals surface area contributed by atoms with Crippen LogP contribution in [-0.4, -0.2) is 75.3 Å². The SMILES string of the molecule is C=C(CCCCCCCCCCC)OC(COC(=O)CCCCCCCCCCC)C(OC(=O)CCCCCCCCCCC)C1OCC(CCN(C)C)O1. The van der Waals surface area contributed by atoms with E-state index in [0.29, 0.717) is 31.6 Å². The molecule has 0 saturated carbocycles. The maximum absolute atomic E-state index is 13.4. The summed E-state index contributed by atoms with van der Waals surface area (Å²) in [5.41, 5.74) is 0. The van der Waals surface area contributed by atoms with Gasteiger partial charge in [0.1, 0.15) is 6.61 Å². The highest BCUT2D eigenvalue weighted by atomic mass is 16.7. The van der Waals surface area contributed by atoms with Gasteiger partial charge < -0.3 is 28.6 Å². The highest BCUT2D eigenvalue weighted by Gasteiger charge is 2.42. The van der Waals surface area contributed by atoms with Crippen molar-refractivity contribution in [2.45, 2.75) is 244 Å². The molecule has 324 valence electrons. The standard InChI is InChI=1S/C47H89NO7/c1-7-10-13-16-19-22-25-28-31-34-41(4)53-43(40-51-44(49)35-32-29-26-23-20-17-14-11-8-2)46(47-52-39-42(54-47)37-38-48(5)6)55-45(50)36-33-30-27-24-21-18-15-12-9-3/h42-43,46-47H,4,7-40H2,1-3,5-6H3. The second kappa shape index (κ2) is 36.7. The number of allylic oxidation sites excluding steroid dienone is 1. The molecule has 1 aliphatic heterocycles. The van der Waals surface area contributed by atoms with E-state index < -0.39 is 18.5 Å². The lowest BCUT2D eigenvalue weighted by molar-refractivity contribution is -0.204. The molecule has 0 radical (unpaired) electrons. The van der Waals surface area contributed by atoms with Gasteiger partial charge in [0, 0.05) is 25.8 Å². The number of esters is 2. The minimum atomic E-state index is -0.879. The number of rotatable bonds is 40. The summed E-state index contributed by atoms with van der Waals surface area (Å²) in [6.07, 6.45) is 32.0. The van der Waals surface area contributed by atoms with Gasteiger partial charge in [-0.2, -0.15) is 0 Å². The van der Waals surface area contributed by atoms with Crippen LogP contribution in [0.25, 0.3) is 0 Å². The van der Waals surface area contributed by atoms with Gasteiger partial charge in [-0.15, -0.1) is 0 Å². The third-order valence-corrected chi connectivity index (χ3v) is 10.8. The van der Waals surface area contributed by atoms with Crippen LogP contribution >= 0.6 is 0 Å². The molecule has 0 aromatic rings. The third kappa shape index (κ3) is 30.2. The lowest BCUT2D eigenvalue weighted by Crippen LogP contribution is -2.46. The smallest absolute Gasteiger partial charge is 0.306 e. The van der Waals surface area contributed by atoms with Gasteiger partial charge in [0.2, 0.25) is 0 Å². The predicted octanol–water partition coefficient (Wildman–Crippen LogP) is 12.8. The summed E-state index contributed by atoms with van der Waals surface area (Å²) >= 11 is 0. The predicted molar refractivity (Wildman–Crippen MR) is 228 cm³/mol. The Balaban J connectivity index is 2.85. The number of nitrogens with zero attached hydrogens (tertiary/aromatic N) is 1. The Morgan fingerprint density at radius 2 is 1.02 bits per heavy atom. The van der Waals surface area contributed by atoms with Crippen LogP contribution in [0.3, 0.4) is 0 Å². The van der Waals surface area contributed by atoms with Crippen molar-refractivity contribution in [1.29, 1.82) is 0 Å². The fourth-order valence-corrected chi connectivity index (χ4v) is 7.22. The molecule has 1 aliphatic rings. The van der Waals surface area contributed by atoms with E-state index in [0.717, 1.165) is 64.3 Å². The van der Waals surface area contributed by atoms with Crippen molar-refractivity contribution in [3.8, 4) is 0 Å². The molecule has 8 nitrogen and oxygen atoms in total. The third-order valence-electron chi connectivity index (χ3n) is 10.8. The van der Waals surface area contributed by atoms with Crippen molar-refractivity contribution in [2.24, 2.45) is 0 Å². The van der Waals surface area contributed by atoms with Gasteiger partial charge in [0.25, 0.3) is 0 Å². The van der Waals surface area contributed by atoms with Crippen molar-refractivity contribution in [1.82, 2.24) is 4.90 Å². The van der Waals surface area contributed by atoms with Gasteiger partial charge in [-0.1, -0.05) is 181 Å². The minimum Gasteiger partial charge on any atom is -0.488 e. The van der Waals surface area contributed by atoms with Crippen molar-refractivity contribution < 1.29 is 33.3 Å². The molecule has 0 N–H and O–H groups in total. The normalized spacial score (nSPS) is 16.7. The van der Waals surface area contributed by atoms with E-state index in [9.17, 15) is 9.59 Å². The molecule has 55 heavy (non-hydrogen) atoms. The van der Waals surface area contributed by atoms with Gasteiger partial charge in [0.05, 0.1) is 18.5 Å². The zero-order valence-electron chi connectivity index (χ0n) is 36.9. The molecule has 1 saturated heterocycles. The summed E-state index contributed by atoms with van der Waals surface area (Å²) < 4.78 is 31.0.